The zero-order valence-corrected chi connectivity index (χ0v) is 15.4. The fourth-order valence-corrected chi connectivity index (χ4v) is 4.75. The first-order valence-corrected chi connectivity index (χ1v) is 10.4. The van der Waals surface area contributed by atoms with Crippen LogP contribution in [0.2, 0.25) is 0 Å². The highest BCUT2D eigenvalue weighted by atomic mass is 32.2. The number of aromatic nitrogens is 2. The van der Waals surface area contributed by atoms with Crippen molar-refractivity contribution < 1.29 is 4.79 Å². The monoisotopic (exact) mass is 361 g/mol. The van der Waals surface area contributed by atoms with Crippen LogP contribution >= 0.6 is 23.1 Å². The lowest BCUT2D eigenvalue weighted by Crippen LogP contribution is -2.21. The second-order valence-corrected chi connectivity index (χ2v) is 8.41. The molecule has 0 amide bonds. The number of nitrogens with zero attached hydrogens (tertiary/aromatic N) is 2. The van der Waals surface area contributed by atoms with Gasteiger partial charge in [0.05, 0.1) is 0 Å². The maximum atomic E-state index is 12.0. The molecule has 1 saturated carbocycles. The third-order valence-electron chi connectivity index (χ3n) is 4.21. The average Bonchev–Trinajstić information content (AvgIpc) is 3.07. The number of carbonyl (C=O) groups is 1. The zero-order chi connectivity index (χ0) is 16.6. The molecule has 0 atom stereocenters. The van der Waals surface area contributed by atoms with E-state index in [1.54, 1.807) is 23.1 Å². The molecule has 0 aliphatic heterocycles. The van der Waals surface area contributed by atoms with E-state index in [1.165, 1.54) is 32.1 Å². The molecule has 1 aliphatic carbocycles. The van der Waals surface area contributed by atoms with Crippen LogP contribution in [0, 0.1) is 0 Å². The van der Waals surface area contributed by atoms with Crippen LogP contribution in [0.25, 0.3) is 0 Å². The van der Waals surface area contributed by atoms with Crippen molar-refractivity contribution >= 4 is 34.0 Å². The molecule has 0 unspecified atom stereocenters. The molecule has 24 heavy (non-hydrogen) atoms. The number of hydrogen-bond donors (Lipinski definition) is 1. The Kier molecular flexibility index (Phi) is 6.66. The van der Waals surface area contributed by atoms with Crippen LogP contribution in [0.5, 0.6) is 0 Å². The summed E-state index contributed by atoms with van der Waals surface area (Å²) in [6.45, 7) is 0. The molecule has 1 aliphatic rings. The molecule has 1 N–H and O–H groups in total. The van der Waals surface area contributed by atoms with E-state index in [4.69, 9.17) is 0 Å². The molecule has 0 radical (unpaired) electrons. The minimum absolute atomic E-state index is 0.216. The smallest absolute Gasteiger partial charge is 0.206 e. The molecular formula is C18H23N3OS2. The van der Waals surface area contributed by atoms with Crippen molar-refractivity contribution in [3.05, 3.63) is 35.9 Å². The van der Waals surface area contributed by atoms with E-state index in [-0.39, 0.29) is 5.78 Å². The molecule has 4 nitrogen and oxygen atoms in total. The van der Waals surface area contributed by atoms with Gasteiger partial charge in [-0.1, -0.05) is 72.7 Å². The van der Waals surface area contributed by atoms with Crippen LogP contribution in [-0.2, 0) is 0 Å². The quantitative estimate of drug-likeness (QED) is 0.406. The molecular weight excluding hydrogens is 338 g/mol. The number of nitrogens with one attached hydrogen (secondary N) is 1. The predicted molar refractivity (Wildman–Crippen MR) is 101 cm³/mol. The number of benzene rings is 1. The first-order valence-electron chi connectivity index (χ1n) is 8.62. The standard InChI is InChI=1S/C18H23N3OS2/c22-16(14-8-3-1-4-9-14)12-7-13-23-18-21-20-17(24-18)19-15-10-5-2-6-11-15/h1,3-4,8-9,15H,2,5-7,10-13H2,(H,19,20). The van der Waals surface area contributed by atoms with E-state index in [2.05, 4.69) is 15.5 Å². The Balaban J connectivity index is 1.37. The minimum Gasteiger partial charge on any atom is -0.357 e. The van der Waals surface area contributed by atoms with E-state index in [1.807, 2.05) is 30.3 Å². The van der Waals surface area contributed by atoms with Crippen molar-refractivity contribution in [2.45, 2.75) is 55.3 Å². The molecule has 1 aromatic heterocycles. The third-order valence-corrected chi connectivity index (χ3v) is 6.28. The first kappa shape index (κ1) is 17.4. The summed E-state index contributed by atoms with van der Waals surface area (Å²) in [4.78, 5) is 12.0. The Hall–Kier alpha value is -1.40. The Labute approximate surface area is 151 Å². The van der Waals surface area contributed by atoms with Crippen LogP contribution in [0.4, 0.5) is 5.13 Å². The molecule has 1 fully saturated rings. The van der Waals surface area contributed by atoms with E-state index in [9.17, 15) is 4.79 Å². The third kappa shape index (κ3) is 5.31. The molecule has 2 aromatic rings. The van der Waals surface area contributed by atoms with E-state index < -0.39 is 0 Å². The number of Topliss-reactive ketones (excluding diaryl/α,β-unsaturated/α-hetero) is 1. The molecule has 1 aromatic carbocycles. The summed E-state index contributed by atoms with van der Waals surface area (Å²) in [5.41, 5.74) is 0.803. The van der Waals surface area contributed by atoms with Crippen molar-refractivity contribution in [2.75, 3.05) is 11.1 Å². The maximum Gasteiger partial charge on any atom is 0.206 e. The Morgan fingerprint density at radius 1 is 1.17 bits per heavy atom. The van der Waals surface area contributed by atoms with Gasteiger partial charge in [-0.2, -0.15) is 0 Å². The van der Waals surface area contributed by atoms with Gasteiger partial charge in [-0.05, 0) is 19.3 Å². The Morgan fingerprint density at radius 2 is 1.96 bits per heavy atom. The van der Waals surface area contributed by atoms with Gasteiger partial charge in [0.1, 0.15) is 0 Å². The maximum absolute atomic E-state index is 12.0. The number of anilines is 1. The molecule has 3 rings (SSSR count). The van der Waals surface area contributed by atoms with Gasteiger partial charge in [0.15, 0.2) is 10.1 Å². The lowest BCUT2D eigenvalue weighted by Gasteiger charge is -2.21. The summed E-state index contributed by atoms with van der Waals surface area (Å²) in [5.74, 6) is 1.12. The van der Waals surface area contributed by atoms with E-state index in [0.717, 1.165) is 27.2 Å². The molecule has 1 heterocycles. The summed E-state index contributed by atoms with van der Waals surface area (Å²) in [5, 5.41) is 12.9. The van der Waals surface area contributed by atoms with Crippen molar-refractivity contribution in [3.63, 3.8) is 0 Å². The summed E-state index contributed by atoms with van der Waals surface area (Å²) < 4.78 is 0.987. The average molecular weight is 362 g/mol. The fraction of sp³-hybridized carbons (Fsp3) is 0.500. The first-order chi connectivity index (χ1) is 11.8. The van der Waals surface area contributed by atoms with Crippen molar-refractivity contribution in [3.8, 4) is 0 Å². The number of thioether (sulfide) groups is 1. The summed E-state index contributed by atoms with van der Waals surface area (Å²) >= 11 is 3.32. The van der Waals surface area contributed by atoms with Crippen molar-refractivity contribution in [1.82, 2.24) is 10.2 Å². The van der Waals surface area contributed by atoms with Gasteiger partial charge in [0, 0.05) is 23.8 Å². The SMILES string of the molecule is O=C(CCCSc1nnc(NC2CCCCC2)s1)c1ccccc1. The van der Waals surface area contributed by atoms with Gasteiger partial charge in [-0.15, -0.1) is 10.2 Å². The summed E-state index contributed by atoms with van der Waals surface area (Å²) in [6.07, 6.45) is 7.91. The normalized spacial score (nSPS) is 15.3. The fourth-order valence-electron chi connectivity index (χ4n) is 2.91. The van der Waals surface area contributed by atoms with Crippen molar-refractivity contribution in [1.29, 1.82) is 0 Å². The van der Waals surface area contributed by atoms with Gasteiger partial charge >= 0.3 is 0 Å². The molecule has 0 spiro atoms. The van der Waals surface area contributed by atoms with Crippen LogP contribution in [0.3, 0.4) is 0 Å². The second kappa shape index (κ2) is 9.18. The molecule has 0 saturated heterocycles. The number of rotatable bonds is 8. The number of ketones is 1. The van der Waals surface area contributed by atoms with Gasteiger partial charge in [0.2, 0.25) is 5.13 Å². The van der Waals surface area contributed by atoms with Gasteiger partial charge in [-0.3, -0.25) is 4.79 Å². The topological polar surface area (TPSA) is 54.9 Å². The van der Waals surface area contributed by atoms with Crippen LogP contribution in [0.15, 0.2) is 34.7 Å². The number of carbonyl (C=O) groups excluding carboxylic acids is 1. The van der Waals surface area contributed by atoms with E-state index >= 15 is 0 Å². The van der Waals surface area contributed by atoms with Crippen LogP contribution in [-0.4, -0.2) is 27.8 Å². The van der Waals surface area contributed by atoms with Crippen LogP contribution in [0.1, 0.15) is 55.3 Å². The highest BCUT2D eigenvalue weighted by Gasteiger charge is 2.15. The Bertz CT molecular complexity index is 639. The van der Waals surface area contributed by atoms with E-state index in [0.29, 0.717) is 12.5 Å². The number of hydrogen-bond acceptors (Lipinski definition) is 6. The lowest BCUT2D eigenvalue weighted by molar-refractivity contribution is 0.0982. The Morgan fingerprint density at radius 3 is 2.75 bits per heavy atom. The summed E-state index contributed by atoms with van der Waals surface area (Å²) in [7, 11) is 0. The minimum atomic E-state index is 0.216. The largest absolute Gasteiger partial charge is 0.357 e. The highest BCUT2D eigenvalue weighted by Crippen LogP contribution is 2.28. The summed E-state index contributed by atoms with van der Waals surface area (Å²) in [6, 6.07) is 10.1. The van der Waals surface area contributed by atoms with Gasteiger partial charge in [-0.25, -0.2) is 0 Å². The highest BCUT2D eigenvalue weighted by molar-refractivity contribution is 8.01. The van der Waals surface area contributed by atoms with Gasteiger partial charge in [0.25, 0.3) is 0 Å². The predicted octanol–water partition coefficient (Wildman–Crippen LogP) is 5.04. The zero-order valence-electron chi connectivity index (χ0n) is 13.7. The van der Waals surface area contributed by atoms with Crippen molar-refractivity contribution in [2.24, 2.45) is 0 Å². The molecule has 128 valence electrons. The second-order valence-electron chi connectivity index (χ2n) is 6.09. The molecule has 6 heteroatoms. The van der Waals surface area contributed by atoms with Gasteiger partial charge < -0.3 is 5.32 Å². The molecule has 0 bridgehead atoms. The van der Waals surface area contributed by atoms with Crippen LogP contribution < -0.4 is 5.32 Å². The lowest BCUT2D eigenvalue weighted by atomic mass is 9.96.